The van der Waals surface area contributed by atoms with Gasteiger partial charge < -0.3 is 0 Å². The van der Waals surface area contributed by atoms with E-state index in [1.54, 1.807) is 25.7 Å². The van der Waals surface area contributed by atoms with E-state index in [1.807, 2.05) is 0 Å². The zero-order valence-corrected chi connectivity index (χ0v) is 10.7. The minimum atomic E-state index is 1.00. The quantitative estimate of drug-likeness (QED) is 0.610. The highest BCUT2D eigenvalue weighted by Crippen LogP contribution is 2.47. The first-order chi connectivity index (χ1) is 7.33. The Balaban J connectivity index is 1.96. The van der Waals surface area contributed by atoms with Crippen LogP contribution in [0.5, 0.6) is 0 Å². The second-order valence-electron chi connectivity index (χ2n) is 6.07. The van der Waals surface area contributed by atoms with Gasteiger partial charge in [-0.2, -0.15) is 0 Å². The van der Waals surface area contributed by atoms with Crippen LogP contribution < -0.4 is 0 Å². The maximum Gasteiger partial charge on any atom is -0.0355 e. The van der Waals surface area contributed by atoms with E-state index in [-0.39, 0.29) is 0 Å². The van der Waals surface area contributed by atoms with Crippen molar-refractivity contribution in [3.05, 3.63) is 0 Å². The molecule has 0 aromatic heterocycles. The average Bonchev–Trinajstić information content (AvgIpc) is 2.28. The van der Waals surface area contributed by atoms with Gasteiger partial charge >= 0.3 is 0 Å². The highest BCUT2D eigenvalue weighted by Gasteiger charge is 2.36. The molecule has 0 bridgehead atoms. The van der Waals surface area contributed by atoms with Gasteiger partial charge in [0.2, 0.25) is 0 Å². The van der Waals surface area contributed by atoms with Crippen molar-refractivity contribution in [3.8, 4) is 0 Å². The molecule has 0 N–H and O–H groups in total. The first-order valence-corrected chi connectivity index (χ1v) is 7.33. The lowest BCUT2D eigenvalue weighted by molar-refractivity contribution is 0.0663. The van der Waals surface area contributed by atoms with Crippen LogP contribution in [0, 0.1) is 23.7 Å². The Morgan fingerprint density at radius 2 is 1.73 bits per heavy atom. The third-order valence-corrected chi connectivity index (χ3v) is 5.11. The number of hydrogen-bond acceptors (Lipinski definition) is 0. The third-order valence-electron chi connectivity index (χ3n) is 5.11. The summed E-state index contributed by atoms with van der Waals surface area (Å²) in [5.41, 5.74) is 0. The van der Waals surface area contributed by atoms with Crippen LogP contribution in [0.3, 0.4) is 0 Å². The van der Waals surface area contributed by atoms with E-state index < -0.39 is 0 Å². The van der Waals surface area contributed by atoms with Gasteiger partial charge in [-0.05, 0) is 36.5 Å². The van der Waals surface area contributed by atoms with Crippen molar-refractivity contribution in [2.24, 2.45) is 23.7 Å². The summed E-state index contributed by atoms with van der Waals surface area (Å²) in [7, 11) is 0. The van der Waals surface area contributed by atoms with Crippen molar-refractivity contribution in [1.29, 1.82) is 0 Å². The maximum atomic E-state index is 2.52. The van der Waals surface area contributed by atoms with Crippen LogP contribution in [0.15, 0.2) is 0 Å². The summed E-state index contributed by atoms with van der Waals surface area (Å²) < 4.78 is 0. The van der Waals surface area contributed by atoms with E-state index in [0.29, 0.717) is 0 Å². The van der Waals surface area contributed by atoms with Gasteiger partial charge in [0.15, 0.2) is 0 Å². The van der Waals surface area contributed by atoms with Crippen LogP contribution in [-0.2, 0) is 0 Å². The summed E-state index contributed by atoms with van der Waals surface area (Å²) in [5.74, 6) is 4.33. The first kappa shape index (κ1) is 11.5. The molecule has 2 fully saturated rings. The fourth-order valence-electron chi connectivity index (χ4n) is 4.36. The molecule has 0 saturated heterocycles. The lowest BCUT2D eigenvalue weighted by Gasteiger charge is -2.44. The molecule has 15 heavy (non-hydrogen) atoms. The fourth-order valence-corrected chi connectivity index (χ4v) is 4.36. The van der Waals surface area contributed by atoms with Crippen LogP contribution in [-0.4, -0.2) is 0 Å². The molecule has 2 aliphatic carbocycles. The lowest BCUT2D eigenvalue weighted by atomic mass is 9.62. The monoisotopic (exact) mass is 208 g/mol. The Kier molecular flexibility index (Phi) is 4.11. The Hall–Kier alpha value is 0. The zero-order chi connectivity index (χ0) is 10.7. The van der Waals surface area contributed by atoms with Crippen molar-refractivity contribution in [2.45, 2.75) is 71.6 Å². The van der Waals surface area contributed by atoms with Crippen LogP contribution in [0.2, 0.25) is 0 Å². The Bertz CT molecular complexity index is 182. The highest BCUT2D eigenvalue weighted by atomic mass is 14.4. The topological polar surface area (TPSA) is 0 Å². The minimum Gasteiger partial charge on any atom is -0.0654 e. The number of fused-ring (bicyclic) bond motifs is 1. The van der Waals surface area contributed by atoms with E-state index >= 15 is 0 Å². The summed E-state index contributed by atoms with van der Waals surface area (Å²) in [6.45, 7) is 4.86. The highest BCUT2D eigenvalue weighted by molar-refractivity contribution is 4.87. The van der Waals surface area contributed by atoms with Gasteiger partial charge in [-0.1, -0.05) is 58.8 Å². The molecule has 88 valence electrons. The molecule has 0 aromatic rings. The van der Waals surface area contributed by atoms with Crippen LogP contribution >= 0.6 is 0 Å². The molecule has 2 saturated carbocycles. The first-order valence-electron chi connectivity index (χ1n) is 7.33. The molecule has 4 atom stereocenters. The molecule has 0 heteroatoms. The van der Waals surface area contributed by atoms with Gasteiger partial charge in [0.1, 0.15) is 0 Å². The van der Waals surface area contributed by atoms with Crippen LogP contribution in [0.1, 0.15) is 71.6 Å². The predicted molar refractivity (Wildman–Crippen MR) is 66.9 cm³/mol. The van der Waals surface area contributed by atoms with E-state index in [0.717, 1.165) is 23.7 Å². The molecule has 0 aliphatic heterocycles. The Labute approximate surface area is 95.8 Å². The van der Waals surface area contributed by atoms with Gasteiger partial charge in [-0.15, -0.1) is 0 Å². The van der Waals surface area contributed by atoms with Gasteiger partial charge in [0.05, 0.1) is 0 Å². The molecule has 0 aromatic carbocycles. The second kappa shape index (κ2) is 5.37. The van der Waals surface area contributed by atoms with Gasteiger partial charge in [-0.3, -0.25) is 0 Å². The van der Waals surface area contributed by atoms with E-state index in [2.05, 4.69) is 13.8 Å². The molecule has 2 aliphatic rings. The predicted octanol–water partition coefficient (Wildman–Crippen LogP) is 5.03. The molecule has 4 unspecified atom stereocenters. The summed E-state index contributed by atoms with van der Waals surface area (Å²) in [6, 6.07) is 0. The van der Waals surface area contributed by atoms with Crippen molar-refractivity contribution < 1.29 is 0 Å². The van der Waals surface area contributed by atoms with Crippen molar-refractivity contribution in [1.82, 2.24) is 0 Å². The fraction of sp³-hybridized carbons (Fsp3) is 1.00. The summed E-state index contributed by atoms with van der Waals surface area (Å²) in [6.07, 6.45) is 13.6. The standard InChI is InChI=1S/C15H28/c1-3-7-12(2)14-11-6-9-13-8-4-5-10-15(13)14/h12-15H,3-11H2,1-2H3. The summed E-state index contributed by atoms with van der Waals surface area (Å²) in [5, 5.41) is 0. The van der Waals surface area contributed by atoms with Gasteiger partial charge in [0.25, 0.3) is 0 Å². The Morgan fingerprint density at radius 1 is 1.00 bits per heavy atom. The lowest BCUT2D eigenvalue weighted by Crippen LogP contribution is -2.34. The minimum absolute atomic E-state index is 1.00. The molecule has 0 spiro atoms. The van der Waals surface area contributed by atoms with Crippen LogP contribution in [0.4, 0.5) is 0 Å². The molecule has 0 radical (unpaired) electrons. The SMILES string of the molecule is CCCC(C)C1CCCC2CCCCC21. The normalized spacial score (nSPS) is 38.4. The van der Waals surface area contributed by atoms with Gasteiger partial charge in [0, 0.05) is 0 Å². The maximum absolute atomic E-state index is 2.52. The van der Waals surface area contributed by atoms with Crippen molar-refractivity contribution in [2.75, 3.05) is 0 Å². The van der Waals surface area contributed by atoms with Crippen molar-refractivity contribution in [3.63, 3.8) is 0 Å². The van der Waals surface area contributed by atoms with Gasteiger partial charge in [-0.25, -0.2) is 0 Å². The van der Waals surface area contributed by atoms with Crippen LogP contribution in [0.25, 0.3) is 0 Å². The third kappa shape index (κ3) is 2.57. The second-order valence-corrected chi connectivity index (χ2v) is 6.07. The van der Waals surface area contributed by atoms with E-state index in [4.69, 9.17) is 0 Å². The molecule has 0 nitrogen and oxygen atoms in total. The molecule has 0 amide bonds. The zero-order valence-electron chi connectivity index (χ0n) is 10.7. The number of rotatable bonds is 3. The average molecular weight is 208 g/mol. The molecular formula is C15H28. The Morgan fingerprint density at radius 3 is 2.53 bits per heavy atom. The summed E-state index contributed by atoms with van der Waals surface area (Å²) >= 11 is 0. The summed E-state index contributed by atoms with van der Waals surface area (Å²) in [4.78, 5) is 0. The molecule has 2 rings (SSSR count). The van der Waals surface area contributed by atoms with E-state index in [9.17, 15) is 0 Å². The smallest absolute Gasteiger partial charge is 0.0355 e. The molecular weight excluding hydrogens is 180 g/mol. The molecule has 0 heterocycles. The van der Waals surface area contributed by atoms with Crippen molar-refractivity contribution >= 4 is 0 Å². The largest absolute Gasteiger partial charge is 0.0654 e. The van der Waals surface area contributed by atoms with E-state index in [1.165, 1.54) is 32.1 Å². The number of hydrogen-bond donors (Lipinski definition) is 0.